The van der Waals surface area contributed by atoms with Crippen LogP contribution in [-0.2, 0) is 68.2 Å². The van der Waals surface area contributed by atoms with Crippen LogP contribution >= 0.6 is 0 Å². The molecule has 0 fully saturated rings. The summed E-state index contributed by atoms with van der Waals surface area (Å²) in [4.78, 5) is 71.4. The van der Waals surface area contributed by atoms with Gasteiger partial charge in [-0.1, -0.05) is 13.8 Å². The Morgan fingerprint density at radius 1 is 0.463 bits per heavy atom. The molecule has 1 atom stereocenters. The summed E-state index contributed by atoms with van der Waals surface area (Å²) in [6.45, 7) is 8.68. The number of carbonyl (C=O) groups is 1. The Kier molecular flexibility index (Phi) is 34.2. The Bertz CT molecular complexity index is 515. The van der Waals surface area contributed by atoms with Gasteiger partial charge in [-0.15, -0.1) is 0 Å². The molecule has 0 amide bonds. The van der Waals surface area contributed by atoms with E-state index in [0.717, 1.165) is 6.42 Å². The third kappa shape index (κ3) is 33.3. The number of aliphatic hydroxyl groups is 1. The van der Waals surface area contributed by atoms with Crippen molar-refractivity contribution >= 4 is 5.97 Å². The van der Waals surface area contributed by atoms with Crippen molar-refractivity contribution in [3.8, 4) is 0 Å². The van der Waals surface area contributed by atoms with Crippen molar-refractivity contribution in [2.75, 3.05) is 92.5 Å². The van der Waals surface area contributed by atoms with E-state index in [1.165, 1.54) is 0 Å². The van der Waals surface area contributed by atoms with Crippen molar-refractivity contribution in [2.24, 2.45) is 5.92 Å². The molecule has 0 aromatic heterocycles. The van der Waals surface area contributed by atoms with Gasteiger partial charge in [-0.25, -0.2) is 58.7 Å². The molecule has 0 radical (unpaired) electrons. The lowest BCUT2D eigenvalue weighted by Gasteiger charge is -2.09. The summed E-state index contributed by atoms with van der Waals surface area (Å²) < 4.78 is 5.11. The third-order valence-corrected chi connectivity index (χ3v) is 4.79. The number of hydrogen-bond donors (Lipinski definition) is 1. The monoisotopic (exact) mass is 604 g/mol. The first-order valence-electron chi connectivity index (χ1n) is 14.5. The SMILES string of the molecule is CCC(C)C(=O)OCCCOOCCCOOCCCOOCCCOOCCCOOCCCOOCCCO. The molecule has 41 heavy (non-hydrogen) atoms. The van der Waals surface area contributed by atoms with Gasteiger partial charge < -0.3 is 9.84 Å². The number of hydrogen-bond acceptors (Lipinski definition) is 15. The fraction of sp³-hybridized carbons (Fsp3) is 0.962. The maximum Gasteiger partial charge on any atom is 0.308 e. The zero-order valence-electron chi connectivity index (χ0n) is 24.8. The van der Waals surface area contributed by atoms with E-state index in [9.17, 15) is 4.79 Å². The lowest BCUT2D eigenvalue weighted by atomic mass is 10.1. The van der Waals surface area contributed by atoms with E-state index in [1.807, 2.05) is 13.8 Å². The van der Waals surface area contributed by atoms with Crippen LogP contribution in [0.5, 0.6) is 0 Å². The number of ether oxygens (including phenoxy) is 1. The first kappa shape index (κ1) is 40.0. The Morgan fingerprint density at radius 2 is 0.707 bits per heavy atom. The first-order valence-corrected chi connectivity index (χ1v) is 14.5. The van der Waals surface area contributed by atoms with Crippen LogP contribution in [0.15, 0.2) is 0 Å². The molecule has 15 nitrogen and oxygen atoms in total. The maximum atomic E-state index is 11.5. The lowest BCUT2D eigenvalue weighted by molar-refractivity contribution is -0.330. The Labute approximate surface area is 243 Å². The minimum atomic E-state index is -0.183. The van der Waals surface area contributed by atoms with Gasteiger partial charge in [0.25, 0.3) is 0 Å². The molecule has 246 valence electrons. The van der Waals surface area contributed by atoms with Gasteiger partial charge in [0.05, 0.1) is 91.8 Å². The summed E-state index contributed by atoms with van der Waals surface area (Å²) in [6, 6.07) is 0. The Hall–Kier alpha value is -1.05. The van der Waals surface area contributed by atoms with E-state index in [2.05, 4.69) is 0 Å². The third-order valence-electron chi connectivity index (χ3n) is 4.79. The van der Waals surface area contributed by atoms with Crippen LogP contribution in [0.4, 0.5) is 0 Å². The standard InChI is InChI=1S/C26H52O15/c1-3-25(2)26(28)29-12-5-14-31-33-16-7-18-35-37-20-9-22-39-41-24-10-23-40-38-21-8-19-36-34-17-6-15-32-30-13-4-11-27/h25,27H,3-24H2,1-2H3. The van der Waals surface area contributed by atoms with E-state index < -0.39 is 0 Å². The van der Waals surface area contributed by atoms with E-state index in [1.54, 1.807) is 0 Å². The summed E-state index contributed by atoms with van der Waals surface area (Å²) in [5, 5.41) is 8.58. The van der Waals surface area contributed by atoms with Crippen molar-refractivity contribution in [1.29, 1.82) is 0 Å². The van der Waals surface area contributed by atoms with Crippen molar-refractivity contribution in [1.82, 2.24) is 0 Å². The predicted octanol–water partition coefficient (Wildman–Crippen LogP) is 2.99. The largest absolute Gasteiger partial charge is 0.465 e. The van der Waals surface area contributed by atoms with Crippen molar-refractivity contribution in [3.05, 3.63) is 0 Å². The summed E-state index contributed by atoms with van der Waals surface area (Å²) in [7, 11) is 0. The van der Waals surface area contributed by atoms with Crippen LogP contribution in [0.2, 0.25) is 0 Å². The molecule has 0 aliphatic heterocycles. The summed E-state index contributed by atoms with van der Waals surface area (Å²) in [5.74, 6) is -0.260. The zero-order chi connectivity index (χ0) is 29.9. The molecule has 1 unspecified atom stereocenters. The van der Waals surface area contributed by atoms with Crippen molar-refractivity contribution < 1.29 is 73.3 Å². The van der Waals surface area contributed by atoms with Crippen LogP contribution in [0.3, 0.4) is 0 Å². The second-order valence-electron chi connectivity index (χ2n) is 8.54. The number of aliphatic hydroxyl groups excluding tert-OH is 1. The summed E-state index contributed by atoms with van der Waals surface area (Å²) >= 11 is 0. The molecule has 0 heterocycles. The highest BCUT2D eigenvalue weighted by molar-refractivity contribution is 5.71. The van der Waals surface area contributed by atoms with Crippen LogP contribution in [-0.4, -0.2) is 104 Å². The smallest absolute Gasteiger partial charge is 0.308 e. The van der Waals surface area contributed by atoms with E-state index >= 15 is 0 Å². The normalized spacial score (nSPS) is 12.2. The lowest BCUT2D eigenvalue weighted by Crippen LogP contribution is -2.15. The second kappa shape index (κ2) is 35.1. The van der Waals surface area contributed by atoms with E-state index in [-0.39, 0.29) is 18.5 Å². The molecule has 0 rings (SSSR count). The van der Waals surface area contributed by atoms with Gasteiger partial charge in [0.1, 0.15) is 0 Å². The molecule has 0 aromatic rings. The summed E-state index contributed by atoms with van der Waals surface area (Å²) in [5.41, 5.74) is 0. The fourth-order valence-electron chi connectivity index (χ4n) is 2.31. The van der Waals surface area contributed by atoms with E-state index in [4.69, 9.17) is 68.5 Å². The highest BCUT2D eigenvalue weighted by Gasteiger charge is 2.11. The average molecular weight is 605 g/mol. The molecule has 0 aliphatic carbocycles. The maximum absolute atomic E-state index is 11.5. The second-order valence-corrected chi connectivity index (χ2v) is 8.54. The molecular weight excluding hydrogens is 552 g/mol. The molecule has 1 N–H and O–H groups in total. The van der Waals surface area contributed by atoms with Crippen LogP contribution in [0.25, 0.3) is 0 Å². The number of carbonyl (C=O) groups excluding carboxylic acids is 1. The van der Waals surface area contributed by atoms with Gasteiger partial charge in [-0.3, -0.25) is 4.79 Å². The molecule has 0 saturated carbocycles. The molecular formula is C26H52O15. The average Bonchev–Trinajstić information content (AvgIpc) is 2.98. The quantitative estimate of drug-likeness (QED) is 0.0487. The van der Waals surface area contributed by atoms with Crippen molar-refractivity contribution in [3.63, 3.8) is 0 Å². The van der Waals surface area contributed by atoms with Crippen LogP contribution in [0, 0.1) is 5.92 Å². The minimum Gasteiger partial charge on any atom is -0.465 e. The Balaban J connectivity index is 3.07. The van der Waals surface area contributed by atoms with Gasteiger partial charge >= 0.3 is 5.97 Å². The van der Waals surface area contributed by atoms with Gasteiger partial charge in [-0.2, -0.15) is 0 Å². The topological polar surface area (TPSA) is 157 Å². The molecule has 0 aromatic carbocycles. The van der Waals surface area contributed by atoms with Crippen molar-refractivity contribution in [2.45, 2.75) is 65.2 Å². The molecule has 0 spiro atoms. The van der Waals surface area contributed by atoms with Gasteiger partial charge in [0.2, 0.25) is 0 Å². The molecule has 15 heteroatoms. The number of esters is 1. The zero-order valence-corrected chi connectivity index (χ0v) is 24.8. The van der Waals surface area contributed by atoms with Crippen LogP contribution in [0.1, 0.15) is 65.2 Å². The summed E-state index contributed by atoms with van der Waals surface area (Å²) in [6.07, 6.45) is 4.97. The minimum absolute atomic E-state index is 0.0768. The van der Waals surface area contributed by atoms with E-state index in [0.29, 0.717) is 131 Å². The predicted molar refractivity (Wildman–Crippen MR) is 141 cm³/mol. The molecule has 0 bridgehead atoms. The fourth-order valence-corrected chi connectivity index (χ4v) is 2.31. The molecule has 0 saturated heterocycles. The highest BCUT2D eigenvalue weighted by Crippen LogP contribution is 2.03. The van der Waals surface area contributed by atoms with Crippen LogP contribution < -0.4 is 0 Å². The van der Waals surface area contributed by atoms with Gasteiger partial charge in [-0.05, 0) is 12.8 Å². The molecule has 0 aliphatic rings. The van der Waals surface area contributed by atoms with Gasteiger partial charge in [0.15, 0.2) is 0 Å². The number of rotatable bonds is 35. The first-order chi connectivity index (χ1) is 20.2. The highest BCUT2D eigenvalue weighted by atomic mass is 17.2. The Morgan fingerprint density at radius 3 is 0.951 bits per heavy atom. The van der Waals surface area contributed by atoms with Gasteiger partial charge in [0, 0.05) is 45.1 Å².